The largest absolute Gasteiger partial charge is 0.497 e. The van der Waals surface area contributed by atoms with Crippen molar-refractivity contribution in [2.45, 2.75) is 29.3 Å². The zero-order chi connectivity index (χ0) is 24.6. The van der Waals surface area contributed by atoms with Gasteiger partial charge < -0.3 is 23.8 Å². The van der Waals surface area contributed by atoms with Crippen LogP contribution in [0.5, 0.6) is 23.0 Å². The minimum absolute atomic E-state index is 0.139. The van der Waals surface area contributed by atoms with Crippen LogP contribution in [0.3, 0.4) is 0 Å². The number of nitrogens with zero attached hydrogens (tertiary/aromatic N) is 1. The summed E-state index contributed by atoms with van der Waals surface area (Å²) in [6, 6.07) is 15.3. The molecular formula is C26H24F3NO4S. The Morgan fingerprint density at radius 2 is 1.89 bits per heavy atom. The van der Waals surface area contributed by atoms with E-state index in [1.54, 1.807) is 32.0 Å². The number of rotatable bonds is 5. The van der Waals surface area contributed by atoms with Crippen LogP contribution < -0.4 is 23.8 Å². The van der Waals surface area contributed by atoms with E-state index in [0.29, 0.717) is 48.1 Å². The summed E-state index contributed by atoms with van der Waals surface area (Å²) >= 11 is 1.56. The topological polar surface area (TPSA) is 40.2 Å². The maximum Gasteiger partial charge on any atom is 0.416 e. The SMILES string of the molecule is COc1ccc2c(c1)S[C@H](c1cccc(C(F)(F)F)c1)CCN2Cc1cc(OC)c2c(c1)OCO2. The second-order valence-electron chi connectivity index (χ2n) is 8.31. The van der Waals surface area contributed by atoms with Crippen LogP contribution in [0.25, 0.3) is 0 Å². The van der Waals surface area contributed by atoms with Gasteiger partial charge in [-0.2, -0.15) is 13.2 Å². The van der Waals surface area contributed by atoms with Crippen LogP contribution in [0.2, 0.25) is 0 Å². The average Bonchev–Trinajstić information content (AvgIpc) is 3.26. The van der Waals surface area contributed by atoms with E-state index in [9.17, 15) is 13.2 Å². The Kier molecular flexibility index (Phi) is 6.35. The molecule has 184 valence electrons. The first-order valence-electron chi connectivity index (χ1n) is 11.1. The highest BCUT2D eigenvalue weighted by molar-refractivity contribution is 7.99. The van der Waals surface area contributed by atoms with Gasteiger partial charge in [-0.05, 0) is 53.9 Å². The molecule has 0 fully saturated rings. The van der Waals surface area contributed by atoms with E-state index in [2.05, 4.69) is 4.90 Å². The number of benzene rings is 3. The monoisotopic (exact) mass is 503 g/mol. The van der Waals surface area contributed by atoms with E-state index in [0.717, 1.165) is 22.2 Å². The highest BCUT2D eigenvalue weighted by atomic mass is 32.2. The Balaban J connectivity index is 1.48. The number of fused-ring (bicyclic) bond motifs is 2. The van der Waals surface area contributed by atoms with Gasteiger partial charge in [0.15, 0.2) is 11.5 Å². The van der Waals surface area contributed by atoms with Crippen LogP contribution >= 0.6 is 11.8 Å². The third kappa shape index (κ3) is 4.82. The molecule has 0 saturated carbocycles. The lowest BCUT2D eigenvalue weighted by molar-refractivity contribution is -0.137. The number of ether oxygens (including phenoxy) is 4. The Morgan fingerprint density at radius 1 is 1.03 bits per heavy atom. The molecule has 0 aliphatic carbocycles. The second-order valence-corrected chi connectivity index (χ2v) is 9.55. The maximum absolute atomic E-state index is 13.4. The van der Waals surface area contributed by atoms with Gasteiger partial charge in [0.25, 0.3) is 0 Å². The highest BCUT2D eigenvalue weighted by Gasteiger charge is 2.32. The summed E-state index contributed by atoms with van der Waals surface area (Å²) in [5.41, 5.74) is 2.01. The lowest BCUT2D eigenvalue weighted by Gasteiger charge is -2.25. The van der Waals surface area contributed by atoms with Crippen LogP contribution in [0, 0.1) is 0 Å². The molecule has 5 rings (SSSR count). The number of halogens is 3. The molecule has 5 nitrogen and oxygen atoms in total. The zero-order valence-electron chi connectivity index (χ0n) is 19.2. The molecule has 0 radical (unpaired) electrons. The minimum atomic E-state index is -4.38. The van der Waals surface area contributed by atoms with Crippen molar-refractivity contribution in [3.8, 4) is 23.0 Å². The van der Waals surface area contributed by atoms with E-state index in [4.69, 9.17) is 18.9 Å². The molecule has 0 spiro atoms. The van der Waals surface area contributed by atoms with E-state index < -0.39 is 11.7 Å². The first-order valence-corrected chi connectivity index (χ1v) is 12.0. The zero-order valence-corrected chi connectivity index (χ0v) is 20.0. The average molecular weight is 504 g/mol. The number of methoxy groups -OCH3 is 2. The molecule has 0 bridgehead atoms. The summed E-state index contributed by atoms with van der Waals surface area (Å²) in [6.45, 7) is 1.38. The summed E-state index contributed by atoms with van der Waals surface area (Å²) in [6.07, 6.45) is -3.71. The fourth-order valence-electron chi connectivity index (χ4n) is 4.39. The van der Waals surface area contributed by atoms with Gasteiger partial charge in [0, 0.05) is 23.2 Å². The molecule has 2 aliphatic rings. The van der Waals surface area contributed by atoms with Gasteiger partial charge in [-0.1, -0.05) is 18.2 Å². The van der Waals surface area contributed by atoms with Crippen molar-refractivity contribution in [1.82, 2.24) is 0 Å². The van der Waals surface area contributed by atoms with Crippen molar-refractivity contribution in [2.75, 3.05) is 32.5 Å². The first-order chi connectivity index (χ1) is 16.9. The third-order valence-corrected chi connectivity index (χ3v) is 7.49. The van der Waals surface area contributed by atoms with Gasteiger partial charge in [-0.15, -0.1) is 11.8 Å². The normalized spacial score (nSPS) is 17.1. The molecule has 9 heteroatoms. The van der Waals surface area contributed by atoms with Crippen LogP contribution in [-0.2, 0) is 12.7 Å². The lowest BCUT2D eigenvalue weighted by atomic mass is 10.0. The van der Waals surface area contributed by atoms with Gasteiger partial charge in [0.05, 0.1) is 25.5 Å². The molecule has 3 aromatic carbocycles. The second kappa shape index (κ2) is 9.45. The summed E-state index contributed by atoms with van der Waals surface area (Å²) < 4.78 is 62.1. The van der Waals surface area contributed by atoms with Gasteiger partial charge in [-0.25, -0.2) is 0 Å². The number of thioether (sulfide) groups is 1. The molecular weight excluding hydrogens is 479 g/mol. The van der Waals surface area contributed by atoms with Crippen LogP contribution in [0.15, 0.2) is 59.5 Å². The molecule has 2 heterocycles. The molecule has 0 saturated heterocycles. The van der Waals surface area contributed by atoms with Gasteiger partial charge in [0.1, 0.15) is 5.75 Å². The molecule has 1 atom stereocenters. The van der Waals surface area contributed by atoms with Gasteiger partial charge in [0.2, 0.25) is 12.5 Å². The number of hydrogen-bond donors (Lipinski definition) is 0. The predicted octanol–water partition coefficient (Wildman–Crippen LogP) is 6.70. The van der Waals surface area contributed by atoms with Crippen LogP contribution in [0.4, 0.5) is 18.9 Å². The molecule has 35 heavy (non-hydrogen) atoms. The standard InChI is InChI=1S/C26H24F3NO4S/c1-31-19-6-7-20-24(13-19)35-23(17-4-3-5-18(12-17)26(27,28)29)8-9-30(20)14-16-10-21(32-2)25-22(11-16)33-15-34-25/h3-7,10-13,23H,8-9,14-15H2,1-2H3/t23-/m0/s1. The molecule has 3 aromatic rings. The van der Waals surface area contributed by atoms with Crippen LogP contribution in [-0.4, -0.2) is 27.6 Å². The Bertz CT molecular complexity index is 1230. The molecule has 2 aliphatic heterocycles. The first kappa shape index (κ1) is 23.5. The Hall–Kier alpha value is -3.20. The Labute approximate surface area is 205 Å². The van der Waals surface area contributed by atoms with E-state index >= 15 is 0 Å². The summed E-state index contributed by atoms with van der Waals surface area (Å²) in [7, 11) is 3.19. The number of alkyl halides is 3. The van der Waals surface area contributed by atoms with Crippen molar-refractivity contribution in [3.63, 3.8) is 0 Å². The fraction of sp³-hybridized carbons (Fsp3) is 0.308. The number of anilines is 1. The molecule has 0 unspecified atom stereocenters. The van der Waals surface area contributed by atoms with Crippen molar-refractivity contribution < 1.29 is 32.1 Å². The van der Waals surface area contributed by atoms with E-state index in [1.165, 1.54) is 12.1 Å². The minimum Gasteiger partial charge on any atom is -0.497 e. The van der Waals surface area contributed by atoms with E-state index in [1.807, 2.05) is 30.3 Å². The molecule has 0 amide bonds. The Morgan fingerprint density at radius 3 is 2.66 bits per heavy atom. The summed E-state index contributed by atoms with van der Waals surface area (Å²) in [5.74, 6) is 2.54. The van der Waals surface area contributed by atoms with Gasteiger partial charge in [-0.3, -0.25) is 0 Å². The third-order valence-electron chi connectivity index (χ3n) is 6.12. The maximum atomic E-state index is 13.4. The van der Waals surface area contributed by atoms with Crippen molar-refractivity contribution >= 4 is 17.4 Å². The van der Waals surface area contributed by atoms with E-state index in [-0.39, 0.29) is 12.0 Å². The van der Waals surface area contributed by atoms with Gasteiger partial charge >= 0.3 is 6.18 Å². The predicted molar refractivity (Wildman–Crippen MR) is 128 cm³/mol. The highest BCUT2D eigenvalue weighted by Crippen LogP contribution is 2.48. The molecule has 0 aromatic heterocycles. The smallest absolute Gasteiger partial charge is 0.416 e. The lowest BCUT2D eigenvalue weighted by Crippen LogP contribution is -2.24. The quantitative estimate of drug-likeness (QED) is 0.386. The molecule has 0 N–H and O–H groups in total. The van der Waals surface area contributed by atoms with Crippen LogP contribution in [0.1, 0.15) is 28.4 Å². The summed E-state index contributed by atoms with van der Waals surface area (Å²) in [5, 5.41) is -0.139. The van der Waals surface area contributed by atoms with Crippen molar-refractivity contribution in [2.24, 2.45) is 0 Å². The van der Waals surface area contributed by atoms with Crippen molar-refractivity contribution in [3.05, 3.63) is 71.3 Å². The summed E-state index contributed by atoms with van der Waals surface area (Å²) in [4.78, 5) is 3.18. The fourth-order valence-corrected chi connectivity index (χ4v) is 5.71. The number of hydrogen-bond acceptors (Lipinski definition) is 6. The van der Waals surface area contributed by atoms with Crippen molar-refractivity contribution in [1.29, 1.82) is 0 Å².